The summed E-state index contributed by atoms with van der Waals surface area (Å²) in [4.78, 5) is 29.7. The molecule has 0 N–H and O–H groups in total. The lowest BCUT2D eigenvalue weighted by Crippen LogP contribution is -2.19. The number of nitrogens with zero attached hydrogens (tertiary/aromatic N) is 4. The van der Waals surface area contributed by atoms with Crippen LogP contribution in [0.4, 0.5) is 0 Å². The first-order valence-corrected chi connectivity index (χ1v) is 9.81. The summed E-state index contributed by atoms with van der Waals surface area (Å²) in [5, 5.41) is 3.86. The highest BCUT2D eigenvalue weighted by Crippen LogP contribution is 2.20. The van der Waals surface area contributed by atoms with Gasteiger partial charge in [0.15, 0.2) is 4.80 Å². The second-order valence-corrected chi connectivity index (χ2v) is 7.30. The normalized spacial score (nSPS) is 11.9. The number of carbonyl (C=O) groups excluding carboxylic acids is 2. The molecule has 2 aromatic heterocycles. The Morgan fingerprint density at radius 2 is 2.15 bits per heavy atom. The van der Waals surface area contributed by atoms with E-state index in [-0.39, 0.29) is 11.9 Å². The smallest absolute Gasteiger partial charge is 0.338 e. The van der Waals surface area contributed by atoms with Crippen molar-refractivity contribution in [3.63, 3.8) is 0 Å². The van der Waals surface area contributed by atoms with Crippen LogP contribution < -0.4 is 4.80 Å². The molecular weight excluding hydrogens is 388 g/mol. The number of thiazole rings is 1. The fourth-order valence-corrected chi connectivity index (χ4v) is 4.10. The van der Waals surface area contributed by atoms with Crippen molar-refractivity contribution in [2.24, 2.45) is 4.99 Å². The van der Waals surface area contributed by atoms with Crippen molar-refractivity contribution in [2.75, 3.05) is 20.3 Å². The molecule has 0 bridgehead atoms. The summed E-state index contributed by atoms with van der Waals surface area (Å²) >= 11 is 2.36. The van der Waals surface area contributed by atoms with E-state index in [1.165, 1.54) is 11.3 Å². The topological polar surface area (TPSA) is 95.7 Å². The summed E-state index contributed by atoms with van der Waals surface area (Å²) in [6.45, 7) is 4.79. The molecule has 0 atom stereocenters. The van der Waals surface area contributed by atoms with Crippen LogP contribution >= 0.6 is 22.9 Å². The van der Waals surface area contributed by atoms with Crippen molar-refractivity contribution in [1.82, 2.24) is 14.2 Å². The number of benzene rings is 1. The van der Waals surface area contributed by atoms with Crippen LogP contribution in [0, 0.1) is 6.92 Å². The number of aromatic nitrogens is 3. The molecule has 0 saturated heterocycles. The summed E-state index contributed by atoms with van der Waals surface area (Å²) < 4.78 is 16.8. The van der Waals surface area contributed by atoms with Crippen LogP contribution in [0.3, 0.4) is 0 Å². The zero-order valence-corrected chi connectivity index (χ0v) is 16.7. The molecule has 0 aliphatic heterocycles. The van der Waals surface area contributed by atoms with Crippen LogP contribution in [-0.2, 0) is 16.0 Å². The molecule has 2 heterocycles. The van der Waals surface area contributed by atoms with Crippen molar-refractivity contribution in [1.29, 1.82) is 0 Å². The zero-order valence-electron chi connectivity index (χ0n) is 15.1. The summed E-state index contributed by atoms with van der Waals surface area (Å²) in [5.74, 6) is -0.761. The molecule has 142 valence electrons. The van der Waals surface area contributed by atoms with Crippen LogP contribution in [0.25, 0.3) is 10.2 Å². The number of hydrogen-bond acceptors (Lipinski definition) is 8. The van der Waals surface area contributed by atoms with E-state index in [0.717, 1.165) is 21.7 Å². The Kier molecular flexibility index (Phi) is 6.09. The van der Waals surface area contributed by atoms with Gasteiger partial charge < -0.3 is 14.0 Å². The third-order valence-corrected chi connectivity index (χ3v) is 5.61. The average molecular weight is 406 g/mol. The van der Waals surface area contributed by atoms with Crippen molar-refractivity contribution in [3.8, 4) is 0 Å². The second-order valence-electron chi connectivity index (χ2n) is 5.54. The second kappa shape index (κ2) is 8.51. The Labute approximate surface area is 163 Å². The lowest BCUT2D eigenvalue weighted by molar-refractivity contribution is 0.0526. The summed E-state index contributed by atoms with van der Waals surface area (Å²) in [6, 6.07) is 5.29. The minimum Gasteiger partial charge on any atom is -0.462 e. The summed E-state index contributed by atoms with van der Waals surface area (Å²) in [6.07, 6.45) is 0. The van der Waals surface area contributed by atoms with E-state index in [1.807, 2.05) is 10.6 Å². The molecule has 10 heteroatoms. The number of rotatable bonds is 6. The van der Waals surface area contributed by atoms with Gasteiger partial charge in [-0.15, -0.1) is 5.10 Å². The number of aryl methyl sites for hydroxylation is 1. The largest absolute Gasteiger partial charge is 0.462 e. The van der Waals surface area contributed by atoms with Crippen molar-refractivity contribution >= 4 is 45.0 Å². The highest BCUT2D eigenvalue weighted by atomic mass is 32.1. The zero-order chi connectivity index (χ0) is 19.4. The van der Waals surface area contributed by atoms with Crippen LogP contribution in [0.1, 0.15) is 32.6 Å². The van der Waals surface area contributed by atoms with Gasteiger partial charge in [-0.25, -0.2) is 4.79 Å². The van der Waals surface area contributed by atoms with Gasteiger partial charge in [-0.1, -0.05) is 15.8 Å². The maximum Gasteiger partial charge on any atom is 0.338 e. The molecule has 0 aliphatic carbocycles. The van der Waals surface area contributed by atoms with E-state index in [2.05, 4.69) is 14.6 Å². The molecule has 3 aromatic rings. The molecule has 0 spiro atoms. The number of carbonyl (C=O) groups is 2. The van der Waals surface area contributed by atoms with Gasteiger partial charge in [0.25, 0.3) is 5.91 Å². The van der Waals surface area contributed by atoms with Gasteiger partial charge in [0, 0.05) is 13.7 Å². The van der Waals surface area contributed by atoms with E-state index in [9.17, 15) is 9.59 Å². The molecule has 0 aliphatic rings. The Bertz CT molecular complexity index is 1050. The molecule has 1 amide bonds. The Hall–Kier alpha value is -2.43. The summed E-state index contributed by atoms with van der Waals surface area (Å²) in [7, 11) is 1.61. The lowest BCUT2D eigenvalue weighted by Gasteiger charge is -2.05. The number of amides is 1. The predicted octanol–water partition coefficient (Wildman–Crippen LogP) is 2.43. The SMILES string of the molecule is CCOC(=O)c1ccc2c(c1)sc(=NC(=O)c1snnc1C)n2CCOC. The molecule has 27 heavy (non-hydrogen) atoms. The molecule has 0 radical (unpaired) electrons. The van der Waals surface area contributed by atoms with E-state index in [1.54, 1.807) is 33.1 Å². The van der Waals surface area contributed by atoms with Crippen LogP contribution in [0.5, 0.6) is 0 Å². The van der Waals surface area contributed by atoms with Crippen LogP contribution in [0.15, 0.2) is 23.2 Å². The molecule has 3 rings (SSSR count). The monoisotopic (exact) mass is 406 g/mol. The van der Waals surface area contributed by atoms with Crippen molar-refractivity contribution in [3.05, 3.63) is 39.1 Å². The minimum absolute atomic E-state index is 0.312. The van der Waals surface area contributed by atoms with E-state index >= 15 is 0 Å². The Morgan fingerprint density at radius 1 is 1.33 bits per heavy atom. The Morgan fingerprint density at radius 3 is 2.81 bits per heavy atom. The van der Waals surface area contributed by atoms with Crippen molar-refractivity contribution < 1.29 is 19.1 Å². The number of esters is 1. The fourth-order valence-electron chi connectivity index (χ4n) is 2.46. The van der Waals surface area contributed by atoms with E-state index in [0.29, 0.717) is 40.7 Å². The van der Waals surface area contributed by atoms with Crippen LogP contribution in [-0.4, -0.2) is 46.4 Å². The van der Waals surface area contributed by atoms with Crippen LogP contribution in [0.2, 0.25) is 0 Å². The minimum atomic E-state index is -0.383. The average Bonchev–Trinajstić information content (AvgIpc) is 3.22. The number of ether oxygens (including phenoxy) is 2. The number of methoxy groups -OCH3 is 1. The molecule has 0 fully saturated rings. The standard InChI is InChI=1S/C17H18N4O4S2/c1-4-25-16(23)11-5-6-12-13(9-11)26-17(21(12)7-8-24-3)18-15(22)14-10(2)19-20-27-14/h5-6,9H,4,7-8H2,1-3H3. The molecular formula is C17H18N4O4S2. The molecule has 1 aromatic carbocycles. The van der Waals surface area contributed by atoms with Gasteiger partial charge in [-0.3, -0.25) is 4.79 Å². The summed E-state index contributed by atoms with van der Waals surface area (Å²) in [5.41, 5.74) is 1.89. The van der Waals surface area contributed by atoms with Gasteiger partial charge in [0.2, 0.25) is 0 Å². The third-order valence-electron chi connectivity index (χ3n) is 3.76. The first kappa shape index (κ1) is 19.3. The predicted molar refractivity (Wildman–Crippen MR) is 102 cm³/mol. The van der Waals surface area contributed by atoms with Gasteiger partial charge in [0.05, 0.1) is 34.7 Å². The Balaban J connectivity index is 2.09. The first-order valence-electron chi connectivity index (χ1n) is 8.22. The van der Waals surface area contributed by atoms with Gasteiger partial charge >= 0.3 is 5.97 Å². The fraction of sp³-hybridized carbons (Fsp3) is 0.353. The maximum atomic E-state index is 12.5. The van der Waals surface area contributed by atoms with E-state index in [4.69, 9.17) is 9.47 Å². The molecule has 8 nitrogen and oxygen atoms in total. The number of fused-ring (bicyclic) bond motifs is 1. The first-order chi connectivity index (χ1) is 13.0. The molecule has 0 saturated carbocycles. The highest BCUT2D eigenvalue weighted by Gasteiger charge is 2.15. The maximum absolute atomic E-state index is 12.5. The third kappa shape index (κ3) is 4.12. The quantitative estimate of drug-likeness (QED) is 0.584. The molecule has 0 unspecified atom stereocenters. The number of hydrogen-bond donors (Lipinski definition) is 0. The van der Waals surface area contributed by atoms with E-state index < -0.39 is 0 Å². The van der Waals surface area contributed by atoms with Gasteiger partial charge in [0.1, 0.15) is 4.88 Å². The van der Waals surface area contributed by atoms with Gasteiger partial charge in [-0.05, 0) is 43.6 Å². The highest BCUT2D eigenvalue weighted by molar-refractivity contribution is 7.16. The lowest BCUT2D eigenvalue weighted by atomic mass is 10.2. The van der Waals surface area contributed by atoms with Crippen molar-refractivity contribution in [2.45, 2.75) is 20.4 Å². The van der Waals surface area contributed by atoms with Gasteiger partial charge in [-0.2, -0.15) is 4.99 Å².